The van der Waals surface area contributed by atoms with E-state index < -0.39 is 59.7 Å². The number of hydrogen-bond acceptors (Lipinski definition) is 6. The first-order valence-corrected chi connectivity index (χ1v) is 10.3. The predicted molar refractivity (Wildman–Crippen MR) is 113 cm³/mol. The molecule has 3 amide bonds. The van der Waals surface area contributed by atoms with Crippen LogP contribution in [-0.4, -0.2) is 63.5 Å². The highest BCUT2D eigenvalue weighted by Gasteiger charge is 2.36. The van der Waals surface area contributed by atoms with Gasteiger partial charge in [-0.3, -0.25) is 19.2 Å². The van der Waals surface area contributed by atoms with Crippen LogP contribution in [0.2, 0.25) is 0 Å². The topological polar surface area (TPSA) is 188 Å². The molecule has 0 fully saturated rings. The smallest absolute Gasteiger partial charge is 0.326 e. The first-order valence-electron chi connectivity index (χ1n) is 10.3. The summed E-state index contributed by atoms with van der Waals surface area (Å²) in [5.41, 5.74) is 4.51. The molecule has 0 unspecified atom stereocenters. The Labute approximate surface area is 182 Å². The zero-order valence-electron chi connectivity index (χ0n) is 19.0. The summed E-state index contributed by atoms with van der Waals surface area (Å²) >= 11 is 0. The van der Waals surface area contributed by atoms with E-state index in [-0.39, 0.29) is 18.3 Å². The minimum Gasteiger partial charge on any atom is -0.481 e. The molecule has 0 aliphatic rings. The van der Waals surface area contributed by atoms with E-state index in [2.05, 4.69) is 16.0 Å². The maximum atomic E-state index is 12.8. The Morgan fingerprint density at radius 2 is 1.48 bits per heavy atom. The van der Waals surface area contributed by atoms with Gasteiger partial charge in [-0.05, 0) is 32.1 Å². The molecule has 0 aromatic heterocycles. The Morgan fingerprint density at radius 1 is 0.935 bits per heavy atom. The third kappa shape index (κ3) is 9.77. The Bertz CT molecular complexity index is 678. The fourth-order valence-electron chi connectivity index (χ4n) is 2.65. The van der Waals surface area contributed by atoms with Crippen molar-refractivity contribution in [2.24, 2.45) is 17.6 Å². The summed E-state index contributed by atoms with van der Waals surface area (Å²) in [4.78, 5) is 59.9. The highest BCUT2D eigenvalue weighted by atomic mass is 16.4. The number of carbonyl (C=O) groups excluding carboxylic acids is 3. The van der Waals surface area contributed by atoms with Crippen molar-refractivity contribution in [2.75, 3.05) is 0 Å². The van der Waals surface area contributed by atoms with Crippen molar-refractivity contribution in [3.63, 3.8) is 0 Å². The van der Waals surface area contributed by atoms with Gasteiger partial charge in [0, 0.05) is 0 Å². The second kappa shape index (κ2) is 12.2. The lowest BCUT2D eigenvalue weighted by atomic mass is 9.96. The lowest BCUT2D eigenvalue weighted by Gasteiger charge is -2.30. The van der Waals surface area contributed by atoms with E-state index in [1.165, 1.54) is 13.8 Å². The van der Waals surface area contributed by atoms with Crippen molar-refractivity contribution in [1.29, 1.82) is 0 Å². The summed E-state index contributed by atoms with van der Waals surface area (Å²) < 4.78 is 0. The molecule has 0 radical (unpaired) electrons. The first kappa shape index (κ1) is 28.3. The Hall–Kier alpha value is -2.69. The van der Waals surface area contributed by atoms with Crippen molar-refractivity contribution in [2.45, 2.75) is 84.5 Å². The monoisotopic (exact) mass is 444 g/mol. The van der Waals surface area contributed by atoms with E-state index in [4.69, 9.17) is 15.9 Å². The molecule has 0 heterocycles. The van der Waals surface area contributed by atoms with Crippen molar-refractivity contribution < 1.29 is 34.2 Å². The van der Waals surface area contributed by atoms with Crippen LogP contribution in [0.15, 0.2) is 0 Å². The van der Waals surface area contributed by atoms with Crippen LogP contribution in [0.25, 0.3) is 0 Å². The average molecular weight is 445 g/mol. The van der Waals surface area contributed by atoms with Crippen LogP contribution in [-0.2, 0) is 24.0 Å². The van der Waals surface area contributed by atoms with Crippen LogP contribution in [0.4, 0.5) is 0 Å². The molecule has 4 atom stereocenters. The largest absolute Gasteiger partial charge is 0.481 e. The van der Waals surface area contributed by atoms with Crippen molar-refractivity contribution in [3.05, 3.63) is 0 Å². The predicted octanol–water partition coefficient (Wildman–Crippen LogP) is -0.170. The molecule has 0 saturated carbocycles. The molecule has 0 rings (SSSR count). The molecule has 0 aromatic carbocycles. The third-order valence-electron chi connectivity index (χ3n) is 4.89. The van der Waals surface area contributed by atoms with Gasteiger partial charge in [0.15, 0.2) is 0 Å². The number of carboxylic acids is 2. The van der Waals surface area contributed by atoms with Crippen molar-refractivity contribution >= 4 is 29.7 Å². The van der Waals surface area contributed by atoms with Gasteiger partial charge in [0.05, 0.1) is 12.5 Å². The number of carbonyl (C=O) groups is 5. The van der Waals surface area contributed by atoms with Gasteiger partial charge in [-0.15, -0.1) is 0 Å². The number of nitrogens with one attached hydrogen (secondary N) is 3. The minimum atomic E-state index is -1.64. The summed E-state index contributed by atoms with van der Waals surface area (Å²) in [6.07, 6.45) is 0.0464. The van der Waals surface area contributed by atoms with Gasteiger partial charge in [-0.2, -0.15) is 0 Å². The Kier molecular flexibility index (Phi) is 11.2. The summed E-state index contributed by atoms with van der Waals surface area (Å²) in [7, 11) is 0. The Morgan fingerprint density at radius 3 is 1.90 bits per heavy atom. The van der Waals surface area contributed by atoms with Gasteiger partial charge >= 0.3 is 11.9 Å². The molecule has 0 bridgehead atoms. The number of carboxylic acid groups (broad SMARTS) is 2. The van der Waals surface area contributed by atoms with Gasteiger partial charge in [0.2, 0.25) is 17.7 Å². The number of aliphatic carboxylic acids is 2. The molecule has 0 spiro atoms. The van der Waals surface area contributed by atoms with Crippen LogP contribution in [0.5, 0.6) is 0 Å². The summed E-state index contributed by atoms with van der Waals surface area (Å²) in [5.74, 6) is -5.03. The van der Waals surface area contributed by atoms with Gasteiger partial charge in [0.1, 0.15) is 17.6 Å². The molecule has 0 saturated heterocycles. The zero-order valence-corrected chi connectivity index (χ0v) is 19.0. The molecule has 7 N–H and O–H groups in total. The minimum absolute atomic E-state index is 0.0460. The lowest BCUT2D eigenvalue weighted by Crippen LogP contribution is -2.62. The lowest BCUT2D eigenvalue weighted by molar-refractivity contribution is -0.147. The molecule has 178 valence electrons. The molecular weight excluding hydrogens is 408 g/mol. The van der Waals surface area contributed by atoms with E-state index in [1.54, 1.807) is 13.8 Å². The second-order valence-corrected chi connectivity index (χ2v) is 8.68. The van der Waals surface area contributed by atoms with E-state index in [0.29, 0.717) is 6.42 Å². The first-order chi connectivity index (χ1) is 14.1. The highest BCUT2D eigenvalue weighted by molar-refractivity contribution is 5.96. The van der Waals surface area contributed by atoms with Crippen molar-refractivity contribution in [1.82, 2.24) is 16.0 Å². The van der Waals surface area contributed by atoms with Crippen LogP contribution in [0.3, 0.4) is 0 Å². The van der Waals surface area contributed by atoms with Crippen LogP contribution in [0.1, 0.15) is 60.8 Å². The number of amides is 3. The fourth-order valence-corrected chi connectivity index (χ4v) is 2.65. The normalized spacial score (nSPS) is 15.4. The van der Waals surface area contributed by atoms with E-state index in [9.17, 15) is 24.0 Å². The van der Waals surface area contributed by atoms with Crippen LogP contribution in [0, 0.1) is 11.8 Å². The van der Waals surface area contributed by atoms with E-state index in [1.807, 2.05) is 13.8 Å². The zero-order chi connectivity index (χ0) is 24.5. The molecule has 11 heteroatoms. The summed E-state index contributed by atoms with van der Waals surface area (Å²) in [5, 5.41) is 25.2. The van der Waals surface area contributed by atoms with Crippen LogP contribution < -0.4 is 21.7 Å². The molecule has 0 aliphatic heterocycles. The van der Waals surface area contributed by atoms with E-state index in [0.717, 1.165) is 0 Å². The summed E-state index contributed by atoms with van der Waals surface area (Å²) in [6.45, 7) is 10.2. The average Bonchev–Trinajstić information content (AvgIpc) is 2.64. The highest BCUT2D eigenvalue weighted by Crippen LogP contribution is 2.11. The molecular formula is C20H36N4O7. The van der Waals surface area contributed by atoms with Gasteiger partial charge < -0.3 is 31.9 Å². The van der Waals surface area contributed by atoms with Gasteiger partial charge in [-0.25, -0.2) is 4.79 Å². The standard InChI is InChI=1S/C20H36N4O7/c1-7-11(4)15(21)17(28)24-20(5,6)19(31)23-12(8-10(2)3)16(27)22-13(18(29)30)9-14(25)26/h10-13,15H,7-9,21H2,1-6H3,(H,22,27)(H,23,31)(H,24,28)(H,25,26)(H,29,30)/t11-,12-,13-,15-/m0/s1. The number of hydrogen-bond donors (Lipinski definition) is 6. The molecule has 0 aromatic rings. The second-order valence-electron chi connectivity index (χ2n) is 8.68. The maximum absolute atomic E-state index is 12.8. The van der Waals surface area contributed by atoms with E-state index >= 15 is 0 Å². The van der Waals surface area contributed by atoms with Crippen molar-refractivity contribution in [3.8, 4) is 0 Å². The molecule has 31 heavy (non-hydrogen) atoms. The SMILES string of the molecule is CC[C@H](C)[C@H](N)C(=O)NC(C)(C)C(=O)N[C@@H](CC(C)C)C(=O)N[C@@H](CC(=O)O)C(=O)O. The van der Waals surface area contributed by atoms with Crippen LogP contribution >= 0.6 is 0 Å². The molecule has 0 aliphatic carbocycles. The number of nitrogens with two attached hydrogens (primary N) is 1. The third-order valence-corrected chi connectivity index (χ3v) is 4.89. The fraction of sp³-hybridized carbons (Fsp3) is 0.750. The van der Waals surface area contributed by atoms with Gasteiger partial charge in [0.25, 0.3) is 0 Å². The number of rotatable bonds is 13. The molecule has 11 nitrogen and oxygen atoms in total. The van der Waals surface area contributed by atoms with Gasteiger partial charge in [-0.1, -0.05) is 34.1 Å². The maximum Gasteiger partial charge on any atom is 0.326 e. The Balaban J connectivity index is 5.38. The summed E-state index contributed by atoms with van der Waals surface area (Å²) in [6, 6.07) is -3.57. The quantitative estimate of drug-likeness (QED) is 0.226.